The molecule has 1 saturated carbocycles. The van der Waals surface area contributed by atoms with Crippen LogP contribution >= 0.6 is 0 Å². The van der Waals surface area contributed by atoms with Crippen LogP contribution in [0.1, 0.15) is 32.1 Å². The molecule has 0 aromatic carbocycles. The van der Waals surface area contributed by atoms with Crippen molar-refractivity contribution < 1.29 is 4.79 Å². The van der Waals surface area contributed by atoms with E-state index in [1.54, 1.807) is 0 Å². The average molecular weight is 225 g/mol. The average Bonchev–Trinajstić information content (AvgIpc) is 2.15. The van der Waals surface area contributed by atoms with Gasteiger partial charge in [-0.25, -0.2) is 0 Å². The Balaban J connectivity index is 1.74. The summed E-state index contributed by atoms with van der Waals surface area (Å²) in [6, 6.07) is 0.945. The first kappa shape index (κ1) is 11.9. The minimum Gasteiger partial charge on any atom is -0.341 e. The SMILES string of the molecule is CN(CC(=O)N1CCC1)C1CCC(N)CC1. The van der Waals surface area contributed by atoms with Crippen molar-refractivity contribution in [3.8, 4) is 0 Å². The largest absolute Gasteiger partial charge is 0.341 e. The van der Waals surface area contributed by atoms with E-state index in [4.69, 9.17) is 5.73 Å². The number of carbonyl (C=O) groups excluding carboxylic acids is 1. The maximum absolute atomic E-state index is 11.8. The first-order chi connectivity index (χ1) is 7.66. The van der Waals surface area contributed by atoms with E-state index in [1.807, 2.05) is 4.90 Å². The van der Waals surface area contributed by atoms with Crippen molar-refractivity contribution in [3.05, 3.63) is 0 Å². The van der Waals surface area contributed by atoms with Crippen molar-refractivity contribution >= 4 is 5.91 Å². The van der Waals surface area contributed by atoms with E-state index in [9.17, 15) is 4.79 Å². The first-order valence-electron chi connectivity index (χ1n) is 6.40. The molecule has 0 spiro atoms. The lowest BCUT2D eigenvalue weighted by Gasteiger charge is -2.36. The van der Waals surface area contributed by atoms with Crippen molar-refractivity contribution in [3.63, 3.8) is 0 Å². The number of hydrogen-bond acceptors (Lipinski definition) is 3. The maximum atomic E-state index is 11.8. The lowest BCUT2D eigenvalue weighted by molar-refractivity contribution is -0.136. The Kier molecular flexibility index (Phi) is 3.82. The smallest absolute Gasteiger partial charge is 0.236 e. The molecule has 0 atom stereocenters. The molecule has 1 heterocycles. The molecule has 92 valence electrons. The van der Waals surface area contributed by atoms with Gasteiger partial charge in [0.1, 0.15) is 0 Å². The van der Waals surface area contributed by atoms with E-state index in [2.05, 4.69) is 11.9 Å². The van der Waals surface area contributed by atoms with Gasteiger partial charge in [0.2, 0.25) is 5.91 Å². The maximum Gasteiger partial charge on any atom is 0.236 e. The molecule has 2 N–H and O–H groups in total. The summed E-state index contributed by atoms with van der Waals surface area (Å²) in [6.07, 6.45) is 5.67. The third-order valence-corrected chi connectivity index (χ3v) is 3.96. The van der Waals surface area contributed by atoms with Gasteiger partial charge in [-0.3, -0.25) is 9.69 Å². The second-order valence-corrected chi connectivity index (χ2v) is 5.22. The standard InChI is InChI=1S/C12H23N3O/c1-14(9-12(16)15-7-2-8-15)11-5-3-10(13)4-6-11/h10-11H,2-9,13H2,1H3. The Bertz CT molecular complexity index is 245. The van der Waals surface area contributed by atoms with Crippen molar-refractivity contribution in [2.75, 3.05) is 26.7 Å². The zero-order valence-corrected chi connectivity index (χ0v) is 10.2. The Labute approximate surface area is 97.8 Å². The summed E-state index contributed by atoms with van der Waals surface area (Å²) >= 11 is 0. The van der Waals surface area contributed by atoms with E-state index in [1.165, 1.54) is 6.42 Å². The summed E-state index contributed by atoms with van der Waals surface area (Å²) < 4.78 is 0. The third-order valence-electron chi connectivity index (χ3n) is 3.96. The summed E-state index contributed by atoms with van der Waals surface area (Å²) in [6.45, 7) is 2.50. The molecule has 2 fully saturated rings. The van der Waals surface area contributed by atoms with Gasteiger partial charge in [0, 0.05) is 25.2 Å². The number of likely N-dealkylation sites (tertiary alicyclic amines) is 1. The Morgan fingerprint density at radius 2 is 1.94 bits per heavy atom. The molecule has 16 heavy (non-hydrogen) atoms. The van der Waals surface area contributed by atoms with E-state index >= 15 is 0 Å². The molecular weight excluding hydrogens is 202 g/mol. The second kappa shape index (κ2) is 5.15. The van der Waals surface area contributed by atoms with Gasteiger partial charge < -0.3 is 10.6 Å². The number of nitrogens with two attached hydrogens (primary N) is 1. The number of carbonyl (C=O) groups is 1. The van der Waals surface area contributed by atoms with E-state index < -0.39 is 0 Å². The topological polar surface area (TPSA) is 49.6 Å². The van der Waals surface area contributed by atoms with Crippen LogP contribution in [0, 0.1) is 0 Å². The number of rotatable bonds is 3. The van der Waals surface area contributed by atoms with Crippen molar-refractivity contribution in [2.24, 2.45) is 5.73 Å². The molecular formula is C12H23N3O. The van der Waals surface area contributed by atoms with Crippen LogP contribution in [-0.2, 0) is 4.79 Å². The Morgan fingerprint density at radius 3 is 2.44 bits per heavy atom. The predicted octanol–water partition coefficient (Wildman–Crippen LogP) is 0.420. The van der Waals surface area contributed by atoms with Crippen LogP contribution in [-0.4, -0.2) is 54.5 Å². The van der Waals surface area contributed by atoms with Crippen molar-refractivity contribution in [2.45, 2.75) is 44.2 Å². The zero-order chi connectivity index (χ0) is 11.5. The van der Waals surface area contributed by atoms with E-state index in [-0.39, 0.29) is 0 Å². The van der Waals surface area contributed by atoms with Crippen LogP contribution in [0.3, 0.4) is 0 Å². The molecule has 4 nitrogen and oxygen atoms in total. The highest BCUT2D eigenvalue weighted by molar-refractivity contribution is 5.78. The molecule has 2 aliphatic rings. The molecule has 0 unspecified atom stereocenters. The van der Waals surface area contributed by atoms with Crippen LogP contribution in [0.5, 0.6) is 0 Å². The molecule has 2 rings (SSSR count). The zero-order valence-electron chi connectivity index (χ0n) is 10.2. The highest BCUT2D eigenvalue weighted by Crippen LogP contribution is 2.21. The molecule has 0 aromatic rings. The van der Waals surface area contributed by atoms with Gasteiger partial charge in [-0.2, -0.15) is 0 Å². The normalized spacial score (nSPS) is 30.3. The minimum absolute atomic E-state index is 0.295. The Hall–Kier alpha value is -0.610. The lowest BCUT2D eigenvalue weighted by atomic mass is 9.91. The number of hydrogen-bond donors (Lipinski definition) is 1. The fraction of sp³-hybridized carbons (Fsp3) is 0.917. The fourth-order valence-electron chi connectivity index (χ4n) is 2.55. The number of amides is 1. The van der Waals surface area contributed by atoms with Gasteiger partial charge >= 0.3 is 0 Å². The Morgan fingerprint density at radius 1 is 1.31 bits per heavy atom. The van der Waals surface area contributed by atoms with Crippen LogP contribution < -0.4 is 5.73 Å². The third kappa shape index (κ3) is 2.74. The van der Waals surface area contributed by atoms with Gasteiger partial charge in [0.05, 0.1) is 6.54 Å². The summed E-state index contributed by atoms with van der Waals surface area (Å²) in [5.74, 6) is 0.295. The molecule has 0 bridgehead atoms. The second-order valence-electron chi connectivity index (χ2n) is 5.22. The van der Waals surface area contributed by atoms with Crippen LogP contribution in [0.2, 0.25) is 0 Å². The van der Waals surface area contributed by atoms with Gasteiger partial charge in [-0.15, -0.1) is 0 Å². The highest BCUT2D eigenvalue weighted by atomic mass is 16.2. The fourth-order valence-corrected chi connectivity index (χ4v) is 2.55. The highest BCUT2D eigenvalue weighted by Gasteiger charge is 2.26. The van der Waals surface area contributed by atoms with Gasteiger partial charge in [-0.1, -0.05) is 0 Å². The molecule has 0 radical (unpaired) electrons. The minimum atomic E-state index is 0.295. The molecule has 0 aromatic heterocycles. The first-order valence-corrected chi connectivity index (χ1v) is 6.40. The molecule has 1 aliphatic carbocycles. The lowest BCUT2D eigenvalue weighted by Crippen LogP contribution is -2.49. The quantitative estimate of drug-likeness (QED) is 0.757. The molecule has 1 aliphatic heterocycles. The summed E-state index contributed by atoms with van der Waals surface area (Å²) in [5.41, 5.74) is 5.88. The van der Waals surface area contributed by atoms with Crippen molar-refractivity contribution in [1.29, 1.82) is 0 Å². The summed E-state index contributed by atoms with van der Waals surface area (Å²) in [4.78, 5) is 16.0. The monoisotopic (exact) mass is 225 g/mol. The summed E-state index contributed by atoms with van der Waals surface area (Å²) in [5, 5.41) is 0. The predicted molar refractivity (Wildman–Crippen MR) is 64.1 cm³/mol. The van der Waals surface area contributed by atoms with Crippen LogP contribution in [0.25, 0.3) is 0 Å². The molecule has 1 saturated heterocycles. The van der Waals surface area contributed by atoms with Gasteiger partial charge in [-0.05, 0) is 39.2 Å². The summed E-state index contributed by atoms with van der Waals surface area (Å²) in [7, 11) is 2.07. The van der Waals surface area contributed by atoms with E-state index in [0.29, 0.717) is 24.5 Å². The van der Waals surface area contributed by atoms with Gasteiger partial charge in [0.25, 0.3) is 0 Å². The van der Waals surface area contributed by atoms with Crippen molar-refractivity contribution in [1.82, 2.24) is 9.80 Å². The van der Waals surface area contributed by atoms with Crippen LogP contribution in [0.4, 0.5) is 0 Å². The molecule has 4 heteroatoms. The van der Waals surface area contributed by atoms with Gasteiger partial charge in [0.15, 0.2) is 0 Å². The number of nitrogens with zero attached hydrogens (tertiary/aromatic N) is 2. The number of likely N-dealkylation sites (N-methyl/N-ethyl adjacent to an activating group) is 1. The molecule has 1 amide bonds. The van der Waals surface area contributed by atoms with Crippen LogP contribution in [0.15, 0.2) is 0 Å². The van der Waals surface area contributed by atoms with E-state index in [0.717, 1.165) is 38.8 Å².